The van der Waals surface area contributed by atoms with E-state index >= 15 is 0 Å². The molecule has 6 nitrogen and oxygen atoms in total. The third kappa shape index (κ3) is 3.81. The fraction of sp³-hybridized carbons (Fsp3) is 0.0714. The summed E-state index contributed by atoms with van der Waals surface area (Å²) in [6, 6.07) is 9.72. The van der Waals surface area contributed by atoms with Crippen LogP contribution in [-0.4, -0.2) is 28.6 Å². The highest BCUT2D eigenvalue weighted by molar-refractivity contribution is 6.04. The van der Waals surface area contributed by atoms with Crippen LogP contribution in [0.3, 0.4) is 0 Å². The molecule has 2 rings (SSSR count). The molecule has 0 aliphatic carbocycles. The lowest BCUT2D eigenvalue weighted by Crippen LogP contribution is -2.12. The van der Waals surface area contributed by atoms with Gasteiger partial charge in [-0.2, -0.15) is 0 Å². The summed E-state index contributed by atoms with van der Waals surface area (Å²) in [6.07, 6.45) is 3.06. The summed E-state index contributed by atoms with van der Waals surface area (Å²) >= 11 is 0. The molecule has 1 aromatic carbocycles. The number of carboxylic acid groups (broad SMARTS) is 1. The number of aromatic nitrogens is 1. The van der Waals surface area contributed by atoms with Crippen molar-refractivity contribution in [3.63, 3.8) is 0 Å². The summed E-state index contributed by atoms with van der Waals surface area (Å²) in [6.45, 7) is -0.429. The first-order valence-corrected chi connectivity index (χ1v) is 5.81. The molecule has 0 saturated carbocycles. The zero-order valence-corrected chi connectivity index (χ0v) is 10.4. The van der Waals surface area contributed by atoms with Crippen molar-refractivity contribution in [2.75, 3.05) is 11.9 Å². The van der Waals surface area contributed by atoms with Gasteiger partial charge in [0.1, 0.15) is 5.75 Å². The first-order valence-electron chi connectivity index (χ1n) is 5.81. The van der Waals surface area contributed by atoms with Crippen molar-refractivity contribution in [3.05, 3.63) is 54.4 Å². The normalized spacial score (nSPS) is 9.80. The average molecular weight is 272 g/mol. The number of carbonyl (C=O) groups is 2. The van der Waals surface area contributed by atoms with E-state index in [1.165, 1.54) is 12.4 Å². The number of ether oxygens (including phenoxy) is 1. The molecule has 20 heavy (non-hydrogen) atoms. The van der Waals surface area contributed by atoms with Crippen LogP contribution in [-0.2, 0) is 4.79 Å². The number of hydrogen-bond acceptors (Lipinski definition) is 4. The number of benzene rings is 1. The molecular weight excluding hydrogens is 260 g/mol. The minimum atomic E-state index is -1.06. The van der Waals surface area contributed by atoms with Crippen LogP contribution >= 0.6 is 0 Å². The zero-order valence-electron chi connectivity index (χ0n) is 10.4. The quantitative estimate of drug-likeness (QED) is 0.866. The summed E-state index contributed by atoms with van der Waals surface area (Å²) in [5, 5.41) is 11.2. The number of pyridine rings is 1. The molecule has 1 aromatic heterocycles. The molecule has 0 unspecified atom stereocenters. The van der Waals surface area contributed by atoms with Crippen LogP contribution in [0.2, 0.25) is 0 Å². The lowest BCUT2D eigenvalue weighted by molar-refractivity contribution is -0.139. The Morgan fingerprint density at radius 1 is 1.20 bits per heavy atom. The molecule has 2 aromatic rings. The van der Waals surface area contributed by atoms with E-state index in [0.717, 1.165) is 0 Å². The molecule has 0 aliphatic heterocycles. The number of nitrogens with one attached hydrogen (secondary N) is 1. The molecule has 6 heteroatoms. The molecular formula is C14H12N2O4. The van der Waals surface area contributed by atoms with E-state index in [0.29, 0.717) is 17.0 Å². The second-order valence-electron chi connectivity index (χ2n) is 3.90. The Labute approximate surface area is 115 Å². The van der Waals surface area contributed by atoms with Crippen LogP contribution < -0.4 is 10.1 Å². The van der Waals surface area contributed by atoms with E-state index < -0.39 is 12.6 Å². The van der Waals surface area contributed by atoms with Gasteiger partial charge in [0, 0.05) is 29.7 Å². The maximum atomic E-state index is 11.9. The topological polar surface area (TPSA) is 88.5 Å². The zero-order chi connectivity index (χ0) is 14.4. The number of amides is 1. The summed E-state index contributed by atoms with van der Waals surface area (Å²) in [5.41, 5.74) is 1.01. The van der Waals surface area contributed by atoms with E-state index in [2.05, 4.69) is 10.3 Å². The Bertz CT molecular complexity index is 614. The van der Waals surface area contributed by atoms with E-state index in [4.69, 9.17) is 9.84 Å². The van der Waals surface area contributed by atoms with Crippen LogP contribution in [0, 0.1) is 0 Å². The van der Waals surface area contributed by atoms with E-state index in [-0.39, 0.29) is 5.91 Å². The summed E-state index contributed by atoms with van der Waals surface area (Å²) in [4.78, 5) is 26.2. The number of nitrogens with zero attached hydrogens (tertiary/aromatic N) is 1. The first kappa shape index (κ1) is 13.5. The summed E-state index contributed by atoms with van der Waals surface area (Å²) in [5.74, 6) is -0.959. The van der Waals surface area contributed by atoms with Crippen LogP contribution in [0.25, 0.3) is 0 Å². The van der Waals surface area contributed by atoms with Gasteiger partial charge in [-0.15, -0.1) is 0 Å². The van der Waals surface area contributed by atoms with Crippen molar-refractivity contribution in [1.29, 1.82) is 0 Å². The van der Waals surface area contributed by atoms with E-state index in [9.17, 15) is 9.59 Å². The lowest BCUT2D eigenvalue weighted by Gasteiger charge is -2.07. The van der Waals surface area contributed by atoms with Crippen LogP contribution in [0.5, 0.6) is 5.75 Å². The number of anilines is 1. The van der Waals surface area contributed by atoms with E-state index in [1.807, 2.05) is 0 Å². The Hall–Kier alpha value is -2.89. The average Bonchev–Trinajstić information content (AvgIpc) is 2.46. The minimum absolute atomic E-state index is 0.275. The maximum Gasteiger partial charge on any atom is 0.341 e. The predicted molar refractivity (Wildman–Crippen MR) is 71.8 cm³/mol. The molecule has 1 heterocycles. The van der Waals surface area contributed by atoms with E-state index in [1.54, 1.807) is 36.4 Å². The Kier molecular flexibility index (Phi) is 4.28. The van der Waals surface area contributed by atoms with Gasteiger partial charge in [0.05, 0.1) is 0 Å². The van der Waals surface area contributed by atoms with Gasteiger partial charge >= 0.3 is 5.97 Å². The molecule has 1 amide bonds. The molecule has 0 fully saturated rings. The third-order valence-electron chi connectivity index (χ3n) is 2.40. The number of rotatable bonds is 5. The largest absolute Gasteiger partial charge is 0.482 e. The van der Waals surface area contributed by atoms with Gasteiger partial charge in [-0.1, -0.05) is 6.07 Å². The first-order chi connectivity index (χ1) is 9.65. The van der Waals surface area contributed by atoms with Gasteiger partial charge in [-0.05, 0) is 24.3 Å². The van der Waals surface area contributed by atoms with Crippen LogP contribution in [0.4, 0.5) is 5.69 Å². The summed E-state index contributed by atoms with van der Waals surface area (Å²) in [7, 11) is 0. The fourth-order valence-corrected chi connectivity index (χ4v) is 1.52. The third-order valence-corrected chi connectivity index (χ3v) is 2.40. The van der Waals surface area contributed by atoms with Crippen molar-refractivity contribution in [1.82, 2.24) is 4.98 Å². The number of carboxylic acids is 1. The Balaban J connectivity index is 2.04. The predicted octanol–water partition coefficient (Wildman–Crippen LogP) is 1.80. The standard InChI is InChI=1S/C14H12N2O4/c17-13(18)9-20-12-3-1-2-11(8-12)16-14(19)10-4-6-15-7-5-10/h1-8H,9H2,(H,16,19)(H,17,18). The van der Waals surface area contributed by atoms with Crippen molar-refractivity contribution >= 4 is 17.6 Å². The van der Waals surface area contributed by atoms with Gasteiger partial charge < -0.3 is 15.2 Å². The number of aliphatic carboxylic acids is 1. The maximum absolute atomic E-state index is 11.9. The van der Waals surface area contributed by atoms with Gasteiger partial charge in [-0.3, -0.25) is 9.78 Å². The smallest absolute Gasteiger partial charge is 0.341 e. The molecule has 2 N–H and O–H groups in total. The second kappa shape index (κ2) is 6.33. The molecule has 0 atom stereocenters. The Morgan fingerprint density at radius 2 is 1.95 bits per heavy atom. The van der Waals surface area contributed by atoms with Gasteiger partial charge in [0.15, 0.2) is 6.61 Å². The van der Waals surface area contributed by atoms with Crippen molar-refractivity contribution in [3.8, 4) is 5.75 Å². The van der Waals surface area contributed by atoms with Gasteiger partial charge in [0.25, 0.3) is 5.91 Å². The highest BCUT2D eigenvalue weighted by Gasteiger charge is 2.06. The van der Waals surface area contributed by atoms with Crippen molar-refractivity contribution in [2.24, 2.45) is 0 Å². The van der Waals surface area contributed by atoms with Crippen molar-refractivity contribution < 1.29 is 19.4 Å². The molecule has 102 valence electrons. The van der Waals surface area contributed by atoms with Crippen molar-refractivity contribution in [2.45, 2.75) is 0 Å². The van der Waals surface area contributed by atoms with Crippen LogP contribution in [0.15, 0.2) is 48.8 Å². The number of hydrogen-bond donors (Lipinski definition) is 2. The molecule has 0 spiro atoms. The molecule has 0 bridgehead atoms. The summed E-state index contributed by atoms with van der Waals surface area (Å²) < 4.78 is 5.03. The van der Waals surface area contributed by atoms with Gasteiger partial charge in [-0.25, -0.2) is 4.79 Å². The monoisotopic (exact) mass is 272 g/mol. The molecule has 0 saturated heterocycles. The fourth-order valence-electron chi connectivity index (χ4n) is 1.52. The lowest BCUT2D eigenvalue weighted by atomic mass is 10.2. The van der Waals surface area contributed by atoms with Gasteiger partial charge in [0.2, 0.25) is 0 Å². The van der Waals surface area contributed by atoms with Crippen LogP contribution in [0.1, 0.15) is 10.4 Å². The minimum Gasteiger partial charge on any atom is -0.482 e. The second-order valence-corrected chi connectivity index (χ2v) is 3.90. The molecule has 0 aliphatic rings. The highest BCUT2D eigenvalue weighted by Crippen LogP contribution is 2.18. The Morgan fingerprint density at radius 3 is 2.65 bits per heavy atom. The SMILES string of the molecule is O=C(O)COc1cccc(NC(=O)c2ccncc2)c1. The number of carbonyl (C=O) groups excluding carboxylic acids is 1. The highest BCUT2D eigenvalue weighted by atomic mass is 16.5. The molecule has 0 radical (unpaired) electrons.